The highest BCUT2D eigenvalue weighted by Crippen LogP contribution is 2.44. The Balaban J connectivity index is 1.83. The highest BCUT2D eigenvalue weighted by Gasteiger charge is 2.41. The number of methoxy groups -OCH3 is 1. The number of hydrogen-bond acceptors (Lipinski definition) is 4. The van der Waals surface area contributed by atoms with E-state index in [1.807, 2.05) is 0 Å². The second-order valence-corrected chi connectivity index (χ2v) is 4.62. The van der Waals surface area contributed by atoms with E-state index in [0.717, 1.165) is 0 Å². The molecule has 1 saturated carbocycles. The molecule has 4 nitrogen and oxygen atoms in total. The lowest BCUT2D eigenvalue weighted by molar-refractivity contribution is 0.00717. The molecule has 0 spiro atoms. The van der Waals surface area contributed by atoms with Crippen LogP contribution in [0.2, 0.25) is 0 Å². The molecule has 1 heterocycles. The summed E-state index contributed by atoms with van der Waals surface area (Å²) in [6, 6.07) is 0. The van der Waals surface area contributed by atoms with Gasteiger partial charge in [-0.2, -0.15) is 0 Å². The average Bonchev–Trinajstić information content (AvgIpc) is 2.91. The van der Waals surface area contributed by atoms with Crippen LogP contribution >= 0.6 is 0 Å². The molecule has 1 atom stereocenters. The number of alkyl halides is 2. The number of nitrogens with zero attached hydrogens (tertiary/aromatic N) is 1. The monoisotopic (exact) mass is 260 g/mol. The Morgan fingerprint density at radius 1 is 1.61 bits per heavy atom. The molecule has 1 N–H and O–H groups in total. The Hall–Kier alpha value is -1.01. The summed E-state index contributed by atoms with van der Waals surface area (Å²) in [6.45, 7) is 1.81. The van der Waals surface area contributed by atoms with Crippen LogP contribution in [0.5, 0.6) is 0 Å². The minimum Gasteiger partial charge on any atom is -0.444 e. The van der Waals surface area contributed by atoms with Crippen molar-refractivity contribution in [3.05, 3.63) is 17.8 Å². The third-order valence-electron chi connectivity index (χ3n) is 3.14. The lowest BCUT2D eigenvalue weighted by Gasteiger charge is -2.07. The first-order valence-electron chi connectivity index (χ1n) is 6.13. The van der Waals surface area contributed by atoms with Crippen molar-refractivity contribution in [2.75, 3.05) is 20.3 Å². The zero-order valence-corrected chi connectivity index (χ0v) is 10.4. The quantitative estimate of drug-likeness (QED) is 0.797. The Morgan fingerprint density at radius 3 is 3.11 bits per heavy atom. The van der Waals surface area contributed by atoms with Crippen LogP contribution in [0.1, 0.15) is 36.8 Å². The summed E-state index contributed by atoms with van der Waals surface area (Å²) in [7, 11) is 1.63. The van der Waals surface area contributed by atoms with Crippen molar-refractivity contribution in [2.24, 2.45) is 0 Å². The van der Waals surface area contributed by atoms with Gasteiger partial charge < -0.3 is 14.5 Å². The van der Waals surface area contributed by atoms with E-state index < -0.39 is 5.92 Å². The number of hydrogen-bond donors (Lipinski definition) is 1. The van der Waals surface area contributed by atoms with Crippen molar-refractivity contribution >= 4 is 0 Å². The standard InChI is InChI=1S/C12H18F2N2O2/c1-17-5-4-15-8-11-16-7-10(18-11)9-2-3-12(13,14)6-9/h7,9,15H,2-6,8H2,1H3. The van der Waals surface area contributed by atoms with Crippen molar-refractivity contribution in [3.8, 4) is 0 Å². The minimum atomic E-state index is -2.55. The molecule has 0 saturated heterocycles. The second kappa shape index (κ2) is 5.75. The van der Waals surface area contributed by atoms with Gasteiger partial charge in [0.15, 0.2) is 0 Å². The van der Waals surface area contributed by atoms with Crippen LogP contribution in [-0.2, 0) is 11.3 Å². The molecule has 0 aromatic carbocycles. The van der Waals surface area contributed by atoms with Crippen LogP contribution in [0.15, 0.2) is 10.6 Å². The first-order chi connectivity index (χ1) is 8.61. The highest BCUT2D eigenvalue weighted by atomic mass is 19.3. The topological polar surface area (TPSA) is 47.3 Å². The molecule has 0 radical (unpaired) electrons. The first-order valence-corrected chi connectivity index (χ1v) is 6.13. The van der Waals surface area contributed by atoms with Crippen molar-refractivity contribution in [1.82, 2.24) is 10.3 Å². The summed E-state index contributed by atoms with van der Waals surface area (Å²) in [5.74, 6) is -1.62. The van der Waals surface area contributed by atoms with Gasteiger partial charge in [0, 0.05) is 32.4 Å². The fraction of sp³-hybridized carbons (Fsp3) is 0.750. The number of nitrogens with one attached hydrogen (secondary N) is 1. The van der Waals surface area contributed by atoms with Crippen LogP contribution in [0.4, 0.5) is 8.78 Å². The van der Waals surface area contributed by atoms with Gasteiger partial charge in [-0.3, -0.25) is 0 Å². The Kier molecular flexibility index (Phi) is 4.29. The molecule has 18 heavy (non-hydrogen) atoms. The number of oxazole rings is 1. The smallest absolute Gasteiger partial charge is 0.248 e. The van der Waals surface area contributed by atoms with Gasteiger partial charge in [0.05, 0.1) is 19.3 Å². The van der Waals surface area contributed by atoms with Crippen LogP contribution < -0.4 is 5.32 Å². The predicted molar refractivity (Wildman–Crippen MR) is 61.6 cm³/mol. The zero-order valence-electron chi connectivity index (χ0n) is 10.4. The van der Waals surface area contributed by atoms with E-state index in [1.165, 1.54) is 0 Å². The first kappa shape index (κ1) is 13.4. The maximum Gasteiger partial charge on any atom is 0.248 e. The molecule has 1 aromatic heterocycles. The van der Waals surface area contributed by atoms with E-state index in [1.54, 1.807) is 13.3 Å². The fourth-order valence-corrected chi connectivity index (χ4v) is 2.16. The molecule has 0 bridgehead atoms. The van der Waals surface area contributed by atoms with Crippen molar-refractivity contribution < 1.29 is 17.9 Å². The third-order valence-corrected chi connectivity index (χ3v) is 3.14. The summed E-state index contributed by atoms with van der Waals surface area (Å²) in [4.78, 5) is 4.09. The lowest BCUT2D eigenvalue weighted by atomic mass is 10.1. The molecule has 1 aliphatic rings. The minimum absolute atomic E-state index is 0.0558. The largest absolute Gasteiger partial charge is 0.444 e. The molecule has 102 valence electrons. The fourth-order valence-electron chi connectivity index (χ4n) is 2.16. The zero-order chi connectivity index (χ0) is 13.0. The number of aromatic nitrogens is 1. The molecular weight excluding hydrogens is 242 g/mol. The maximum atomic E-state index is 13.1. The van der Waals surface area contributed by atoms with Gasteiger partial charge in [-0.25, -0.2) is 13.8 Å². The number of rotatable bonds is 6. The average molecular weight is 260 g/mol. The van der Waals surface area contributed by atoms with Gasteiger partial charge in [0.1, 0.15) is 5.76 Å². The van der Waals surface area contributed by atoms with Crippen LogP contribution in [0, 0.1) is 0 Å². The van der Waals surface area contributed by atoms with Gasteiger partial charge in [0.25, 0.3) is 0 Å². The van der Waals surface area contributed by atoms with Crippen LogP contribution in [0.3, 0.4) is 0 Å². The summed E-state index contributed by atoms with van der Waals surface area (Å²) < 4.78 is 36.6. The van der Waals surface area contributed by atoms with E-state index >= 15 is 0 Å². The van der Waals surface area contributed by atoms with Gasteiger partial charge >= 0.3 is 0 Å². The molecule has 0 aliphatic heterocycles. The Labute approximate surface area is 105 Å². The number of ether oxygens (including phenoxy) is 1. The molecular formula is C12H18F2N2O2. The SMILES string of the molecule is COCCNCc1ncc(C2CCC(F)(F)C2)o1. The summed E-state index contributed by atoms with van der Waals surface area (Å²) in [6.07, 6.45) is 1.86. The molecule has 1 aromatic rings. The molecule has 2 rings (SSSR count). The highest BCUT2D eigenvalue weighted by molar-refractivity contribution is 5.06. The summed E-state index contributed by atoms with van der Waals surface area (Å²) in [5.41, 5.74) is 0. The van der Waals surface area contributed by atoms with Crippen LogP contribution in [-0.4, -0.2) is 31.2 Å². The Morgan fingerprint density at radius 2 is 2.44 bits per heavy atom. The van der Waals surface area contributed by atoms with E-state index in [2.05, 4.69) is 10.3 Å². The summed E-state index contributed by atoms with van der Waals surface area (Å²) >= 11 is 0. The van der Waals surface area contributed by atoms with Crippen molar-refractivity contribution in [1.29, 1.82) is 0 Å². The van der Waals surface area contributed by atoms with Crippen LogP contribution in [0.25, 0.3) is 0 Å². The molecule has 1 fully saturated rings. The normalized spacial score (nSPS) is 22.5. The predicted octanol–water partition coefficient (Wildman–Crippen LogP) is 2.31. The lowest BCUT2D eigenvalue weighted by Crippen LogP contribution is -2.18. The number of halogens is 2. The molecule has 1 aliphatic carbocycles. The molecule has 0 amide bonds. The van der Waals surface area contributed by atoms with Gasteiger partial charge in [0.2, 0.25) is 11.8 Å². The molecule has 1 unspecified atom stereocenters. The van der Waals surface area contributed by atoms with Gasteiger partial charge in [-0.1, -0.05) is 0 Å². The van der Waals surface area contributed by atoms with E-state index in [9.17, 15) is 8.78 Å². The van der Waals surface area contributed by atoms with E-state index in [-0.39, 0.29) is 18.8 Å². The van der Waals surface area contributed by atoms with E-state index in [4.69, 9.17) is 9.15 Å². The summed E-state index contributed by atoms with van der Waals surface area (Å²) in [5, 5.41) is 3.09. The van der Waals surface area contributed by atoms with Crippen molar-refractivity contribution in [2.45, 2.75) is 37.6 Å². The maximum absolute atomic E-state index is 13.1. The second-order valence-electron chi connectivity index (χ2n) is 4.62. The molecule has 6 heteroatoms. The third kappa shape index (κ3) is 3.49. The van der Waals surface area contributed by atoms with E-state index in [0.29, 0.717) is 37.8 Å². The van der Waals surface area contributed by atoms with Crippen molar-refractivity contribution in [3.63, 3.8) is 0 Å². The van der Waals surface area contributed by atoms with Gasteiger partial charge in [-0.15, -0.1) is 0 Å². The Bertz CT molecular complexity index is 382. The van der Waals surface area contributed by atoms with Gasteiger partial charge in [-0.05, 0) is 6.42 Å².